The number of nitrogens with zero attached hydrogens (tertiary/aromatic N) is 2. The molecule has 0 spiro atoms. The van der Waals surface area contributed by atoms with Crippen LogP contribution in [0.25, 0.3) is 0 Å². The van der Waals surface area contributed by atoms with Crippen LogP contribution in [0.5, 0.6) is 5.75 Å². The summed E-state index contributed by atoms with van der Waals surface area (Å²) in [5, 5.41) is 6.74. The molecule has 1 saturated heterocycles. The van der Waals surface area contributed by atoms with Gasteiger partial charge in [-0.3, -0.25) is 4.90 Å². The molecule has 3 rings (SSSR count). The normalized spacial score (nSPS) is 19.8. The molecule has 0 amide bonds. The first-order chi connectivity index (χ1) is 15.1. The standard InChI is InChI=1S/C25H36N4O2/c1-5-26-25(28-15-23-7-6-8-24(13-23)30-4)27-14-21-9-11-22(12-10-21)18-29-16-19(2)31-20(3)17-29/h6-13,19-20H,5,14-18H2,1-4H3,(H2,26,27,28). The van der Waals surface area contributed by atoms with Crippen LogP contribution in [0.3, 0.4) is 0 Å². The lowest BCUT2D eigenvalue weighted by atomic mass is 10.1. The second-order valence-corrected chi connectivity index (χ2v) is 8.17. The summed E-state index contributed by atoms with van der Waals surface area (Å²) < 4.78 is 11.1. The number of benzene rings is 2. The van der Waals surface area contributed by atoms with E-state index in [1.807, 2.05) is 18.2 Å². The Morgan fingerprint density at radius 3 is 2.42 bits per heavy atom. The zero-order valence-corrected chi connectivity index (χ0v) is 19.2. The Labute approximate surface area is 186 Å². The Kier molecular flexibility index (Phi) is 8.74. The molecule has 0 aromatic heterocycles. The minimum Gasteiger partial charge on any atom is -0.497 e. The van der Waals surface area contributed by atoms with Gasteiger partial charge in [-0.15, -0.1) is 0 Å². The average Bonchev–Trinajstić information content (AvgIpc) is 2.76. The largest absolute Gasteiger partial charge is 0.497 e. The fraction of sp³-hybridized carbons (Fsp3) is 0.480. The predicted octanol–water partition coefficient (Wildman–Crippen LogP) is 3.56. The zero-order chi connectivity index (χ0) is 22.1. The van der Waals surface area contributed by atoms with Crippen molar-refractivity contribution < 1.29 is 9.47 Å². The summed E-state index contributed by atoms with van der Waals surface area (Å²) in [5.74, 6) is 1.66. The third-order valence-electron chi connectivity index (χ3n) is 5.28. The number of hydrogen-bond acceptors (Lipinski definition) is 4. The summed E-state index contributed by atoms with van der Waals surface area (Å²) in [4.78, 5) is 7.18. The fourth-order valence-electron chi connectivity index (χ4n) is 3.90. The quantitative estimate of drug-likeness (QED) is 0.501. The van der Waals surface area contributed by atoms with E-state index in [-0.39, 0.29) is 0 Å². The minimum atomic E-state index is 0.299. The molecule has 0 bridgehead atoms. The molecule has 1 heterocycles. The van der Waals surface area contributed by atoms with Crippen molar-refractivity contribution in [2.24, 2.45) is 4.99 Å². The summed E-state index contributed by atoms with van der Waals surface area (Å²) in [5.41, 5.74) is 3.69. The first-order valence-electron chi connectivity index (χ1n) is 11.2. The van der Waals surface area contributed by atoms with Crippen LogP contribution >= 0.6 is 0 Å². The van der Waals surface area contributed by atoms with Gasteiger partial charge in [-0.1, -0.05) is 36.4 Å². The van der Waals surface area contributed by atoms with Gasteiger partial charge in [0.1, 0.15) is 5.75 Å². The SMILES string of the molecule is CCNC(=NCc1cccc(OC)c1)NCc1ccc(CN2CC(C)OC(C)C2)cc1. The zero-order valence-electron chi connectivity index (χ0n) is 19.2. The molecule has 6 heteroatoms. The molecule has 2 N–H and O–H groups in total. The Hall–Kier alpha value is -2.57. The molecule has 0 aliphatic carbocycles. The van der Waals surface area contributed by atoms with Gasteiger partial charge in [-0.2, -0.15) is 0 Å². The Bertz CT molecular complexity index is 828. The summed E-state index contributed by atoms with van der Waals surface area (Å²) >= 11 is 0. The predicted molar refractivity (Wildman–Crippen MR) is 126 cm³/mol. The molecule has 2 atom stereocenters. The van der Waals surface area contributed by atoms with Gasteiger partial charge >= 0.3 is 0 Å². The van der Waals surface area contributed by atoms with E-state index in [1.165, 1.54) is 11.1 Å². The van der Waals surface area contributed by atoms with Crippen molar-refractivity contribution in [2.75, 3.05) is 26.7 Å². The van der Waals surface area contributed by atoms with Crippen LogP contribution in [-0.4, -0.2) is 49.8 Å². The summed E-state index contributed by atoms with van der Waals surface area (Å²) in [6.45, 7) is 11.5. The topological polar surface area (TPSA) is 58.1 Å². The number of rotatable bonds is 8. The summed E-state index contributed by atoms with van der Waals surface area (Å²) in [7, 11) is 1.68. The molecule has 168 valence electrons. The molecular weight excluding hydrogens is 388 g/mol. The van der Waals surface area contributed by atoms with Gasteiger partial charge in [0, 0.05) is 32.7 Å². The van der Waals surface area contributed by atoms with Crippen LogP contribution in [0.4, 0.5) is 0 Å². The minimum absolute atomic E-state index is 0.299. The smallest absolute Gasteiger partial charge is 0.191 e. The molecule has 0 saturated carbocycles. The van der Waals surface area contributed by atoms with Crippen molar-refractivity contribution in [2.45, 2.75) is 52.6 Å². The number of aliphatic imine (C=N–C) groups is 1. The number of morpholine rings is 1. The van der Waals surface area contributed by atoms with Gasteiger partial charge in [-0.25, -0.2) is 4.99 Å². The molecule has 2 aromatic rings. The molecule has 1 aliphatic rings. The third-order valence-corrected chi connectivity index (χ3v) is 5.28. The molecule has 0 radical (unpaired) electrons. The maximum Gasteiger partial charge on any atom is 0.191 e. The molecule has 2 aromatic carbocycles. The van der Waals surface area contributed by atoms with E-state index in [2.05, 4.69) is 66.6 Å². The Morgan fingerprint density at radius 1 is 1.03 bits per heavy atom. The first kappa shape index (κ1) is 23.1. The van der Waals surface area contributed by atoms with E-state index >= 15 is 0 Å². The lowest BCUT2D eigenvalue weighted by Crippen LogP contribution is -2.44. The lowest BCUT2D eigenvalue weighted by Gasteiger charge is -2.35. The number of methoxy groups -OCH3 is 1. The average molecular weight is 425 g/mol. The van der Waals surface area contributed by atoms with Gasteiger partial charge in [0.25, 0.3) is 0 Å². The summed E-state index contributed by atoms with van der Waals surface area (Å²) in [6.07, 6.45) is 0.598. The molecular formula is C25H36N4O2. The fourth-order valence-corrected chi connectivity index (χ4v) is 3.90. The van der Waals surface area contributed by atoms with Crippen LogP contribution in [0.2, 0.25) is 0 Å². The molecule has 2 unspecified atom stereocenters. The molecule has 1 fully saturated rings. The van der Waals surface area contributed by atoms with E-state index in [0.717, 1.165) is 50.0 Å². The lowest BCUT2D eigenvalue weighted by molar-refractivity contribution is -0.0704. The van der Waals surface area contributed by atoms with Crippen molar-refractivity contribution >= 4 is 5.96 Å². The van der Waals surface area contributed by atoms with Gasteiger partial charge in [-0.05, 0) is 49.6 Å². The highest BCUT2D eigenvalue weighted by atomic mass is 16.5. The first-order valence-corrected chi connectivity index (χ1v) is 11.2. The van der Waals surface area contributed by atoms with Gasteiger partial charge in [0.15, 0.2) is 5.96 Å². The molecule has 6 nitrogen and oxygen atoms in total. The van der Waals surface area contributed by atoms with Gasteiger partial charge < -0.3 is 20.1 Å². The van der Waals surface area contributed by atoms with E-state index in [9.17, 15) is 0 Å². The van der Waals surface area contributed by atoms with Crippen molar-refractivity contribution in [3.05, 3.63) is 65.2 Å². The van der Waals surface area contributed by atoms with Crippen molar-refractivity contribution in [3.63, 3.8) is 0 Å². The Balaban J connectivity index is 1.53. The van der Waals surface area contributed by atoms with Crippen LogP contribution in [0.15, 0.2) is 53.5 Å². The second-order valence-electron chi connectivity index (χ2n) is 8.17. The maximum absolute atomic E-state index is 5.83. The van der Waals surface area contributed by atoms with Gasteiger partial charge in [0.05, 0.1) is 25.9 Å². The van der Waals surface area contributed by atoms with E-state index in [4.69, 9.17) is 14.5 Å². The number of guanidine groups is 1. The monoisotopic (exact) mass is 424 g/mol. The summed E-state index contributed by atoms with van der Waals surface area (Å²) in [6, 6.07) is 16.9. The van der Waals surface area contributed by atoms with Crippen molar-refractivity contribution in [3.8, 4) is 5.75 Å². The van der Waals surface area contributed by atoms with Crippen LogP contribution in [0.1, 0.15) is 37.5 Å². The van der Waals surface area contributed by atoms with Crippen molar-refractivity contribution in [1.29, 1.82) is 0 Å². The highest BCUT2D eigenvalue weighted by Crippen LogP contribution is 2.15. The highest BCUT2D eigenvalue weighted by Gasteiger charge is 2.21. The molecule has 31 heavy (non-hydrogen) atoms. The number of ether oxygens (including phenoxy) is 2. The number of nitrogens with one attached hydrogen (secondary N) is 2. The van der Waals surface area contributed by atoms with Crippen LogP contribution in [-0.2, 0) is 24.4 Å². The number of hydrogen-bond donors (Lipinski definition) is 2. The van der Waals surface area contributed by atoms with E-state index < -0.39 is 0 Å². The molecule has 1 aliphatic heterocycles. The maximum atomic E-state index is 5.83. The van der Waals surface area contributed by atoms with Crippen molar-refractivity contribution in [1.82, 2.24) is 15.5 Å². The highest BCUT2D eigenvalue weighted by molar-refractivity contribution is 5.79. The van der Waals surface area contributed by atoms with E-state index in [0.29, 0.717) is 18.8 Å². The van der Waals surface area contributed by atoms with Crippen LogP contribution in [0, 0.1) is 0 Å². The Morgan fingerprint density at radius 2 is 1.74 bits per heavy atom. The third kappa shape index (κ3) is 7.56. The van der Waals surface area contributed by atoms with E-state index in [1.54, 1.807) is 7.11 Å². The van der Waals surface area contributed by atoms with Crippen LogP contribution < -0.4 is 15.4 Å². The van der Waals surface area contributed by atoms with Gasteiger partial charge in [0.2, 0.25) is 0 Å². The second kappa shape index (κ2) is 11.7.